The minimum Gasteiger partial charge on any atom is -0.494 e. The van der Waals surface area contributed by atoms with Gasteiger partial charge < -0.3 is 15.0 Å². The van der Waals surface area contributed by atoms with Crippen molar-refractivity contribution in [3.8, 4) is 5.75 Å². The van der Waals surface area contributed by atoms with Crippen LogP contribution in [-0.4, -0.2) is 45.3 Å². The van der Waals surface area contributed by atoms with Crippen molar-refractivity contribution in [2.24, 2.45) is 5.92 Å². The highest BCUT2D eigenvalue weighted by Crippen LogP contribution is 2.30. The first-order valence-corrected chi connectivity index (χ1v) is 11.7. The van der Waals surface area contributed by atoms with E-state index in [2.05, 4.69) is 19.9 Å². The van der Waals surface area contributed by atoms with E-state index in [1.54, 1.807) is 37.4 Å². The molecule has 30 heavy (non-hydrogen) atoms. The van der Waals surface area contributed by atoms with E-state index in [4.69, 9.17) is 16.3 Å². The fraction of sp³-hybridized carbons (Fsp3) is 0.400. The number of methoxy groups -OCH3 is 1. The van der Waals surface area contributed by atoms with Gasteiger partial charge in [0.1, 0.15) is 11.6 Å². The molecule has 0 unspecified atom stereocenters. The zero-order valence-corrected chi connectivity index (χ0v) is 18.5. The molecule has 1 saturated heterocycles. The molecule has 0 aliphatic carbocycles. The van der Waals surface area contributed by atoms with Gasteiger partial charge in [0.25, 0.3) is 0 Å². The molecule has 1 aliphatic rings. The summed E-state index contributed by atoms with van der Waals surface area (Å²) < 4.78 is 31.3. The molecule has 2 aromatic rings. The summed E-state index contributed by atoms with van der Waals surface area (Å²) >= 11 is 5.89. The summed E-state index contributed by atoms with van der Waals surface area (Å²) in [6.45, 7) is 3.01. The van der Waals surface area contributed by atoms with Gasteiger partial charge >= 0.3 is 0 Å². The van der Waals surface area contributed by atoms with Crippen LogP contribution in [0.5, 0.6) is 5.75 Å². The summed E-state index contributed by atoms with van der Waals surface area (Å²) in [4.78, 5) is 19.2. The number of anilines is 3. The molecule has 1 amide bonds. The van der Waals surface area contributed by atoms with Crippen molar-refractivity contribution in [3.05, 3.63) is 41.6 Å². The number of amides is 1. The quantitative estimate of drug-likeness (QED) is 0.668. The fourth-order valence-electron chi connectivity index (χ4n) is 3.26. The Morgan fingerprint density at radius 1 is 1.27 bits per heavy atom. The monoisotopic (exact) mass is 452 g/mol. The predicted octanol–water partition coefficient (Wildman–Crippen LogP) is 3.36. The van der Waals surface area contributed by atoms with Crippen LogP contribution in [0.2, 0.25) is 5.02 Å². The summed E-state index contributed by atoms with van der Waals surface area (Å²) in [5.74, 6) is 0.973. The molecule has 1 aromatic carbocycles. The van der Waals surface area contributed by atoms with E-state index in [9.17, 15) is 13.2 Å². The van der Waals surface area contributed by atoms with Gasteiger partial charge in [-0.15, -0.1) is 0 Å². The number of piperidine rings is 1. The third-order valence-corrected chi connectivity index (χ3v) is 6.53. The van der Waals surface area contributed by atoms with Gasteiger partial charge in [-0.1, -0.05) is 11.6 Å². The number of carbonyl (C=O) groups excluding carboxylic acids is 1. The van der Waals surface area contributed by atoms with Crippen LogP contribution in [0, 0.1) is 5.92 Å². The van der Waals surface area contributed by atoms with E-state index in [0.29, 0.717) is 35.0 Å². The summed E-state index contributed by atoms with van der Waals surface area (Å²) in [5.41, 5.74) is 0.888. The van der Waals surface area contributed by atoms with E-state index < -0.39 is 10.0 Å². The van der Waals surface area contributed by atoms with Crippen LogP contribution >= 0.6 is 11.6 Å². The molecule has 10 heteroatoms. The Labute approximate surface area is 181 Å². The molecule has 0 bridgehead atoms. The number of ether oxygens (including phenoxy) is 1. The third-order valence-electron chi connectivity index (χ3n) is 5.02. The maximum atomic E-state index is 12.7. The third kappa shape index (κ3) is 5.54. The van der Waals surface area contributed by atoms with Crippen molar-refractivity contribution in [3.63, 3.8) is 0 Å². The van der Waals surface area contributed by atoms with Crippen LogP contribution < -0.4 is 19.7 Å². The minimum absolute atomic E-state index is 0.0428. The Bertz CT molecular complexity index is 990. The average molecular weight is 453 g/mol. The van der Waals surface area contributed by atoms with Gasteiger partial charge in [0.15, 0.2) is 0 Å². The Morgan fingerprint density at radius 2 is 2.00 bits per heavy atom. The topological polar surface area (TPSA) is 101 Å². The van der Waals surface area contributed by atoms with Crippen molar-refractivity contribution >= 4 is 44.7 Å². The van der Waals surface area contributed by atoms with E-state index in [1.807, 2.05) is 6.07 Å². The van der Waals surface area contributed by atoms with E-state index >= 15 is 0 Å². The molecule has 8 nitrogen and oxygen atoms in total. The van der Waals surface area contributed by atoms with Crippen LogP contribution in [0.15, 0.2) is 36.5 Å². The SMILES string of the molecule is CCS(=O)(=O)Nc1ccc(NC(=O)C2CCN(c3ccc(Cl)cn3)CC2)cc1OC. The standard InChI is InChI=1S/C20H25ClN4O4S/c1-3-30(27,28)24-17-6-5-16(12-18(17)29-2)23-20(26)14-8-10-25(11-9-14)19-7-4-15(21)13-22-19/h4-7,12-14,24H,3,8-11H2,1-2H3,(H,23,26). The van der Waals surface area contributed by atoms with Crippen LogP contribution in [0.3, 0.4) is 0 Å². The van der Waals surface area contributed by atoms with Gasteiger partial charge in [-0.25, -0.2) is 13.4 Å². The zero-order valence-electron chi connectivity index (χ0n) is 16.9. The number of sulfonamides is 1. The molecule has 1 fully saturated rings. The van der Waals surface area contributed by atoms with Crippen molar-refractivity contribution in [1.29, 1.82) is 0 Å². The van der Waals surface area contributed by atoms with E-state index in [0.717, 1.165) is 18.9 Å². The Balaban J connectivity index is 1.60. The first kappa shape index (κ1) is 22.2. The number of hydrogen-bond acceptors (Lipinski definition) is 6. The number of halogens is 1. The molecule has 0 spiro atoms. The molecule has 162 valence electrons. The molecular weight excluding hydrogens is 428 g/mol. The van der Waals surface area contributed by atoms with Crippen molar-refractivity contribution in [2.75, 3.05) is 40.9 Å². The molecule has 0 radical (unpaired) electrons. The second kappa shape index (κ2) is 9.53. The van der Waals surface area contributed by atoms with E-state index in [1.165, 1.54) is 7.11 Å². The predicted molar refractivity (Wildman–Crippen MR) is 119 cm³/mol. The average Bonchev–Trinajstić information content (AvgIpc) is 2.75. The highest BCUT2D eigenvalue weighted by atomic mass is 35.5. The number of nitrogens with one attached hydrogen (secondary N) is 2. The fourth-order valence-corrected chi connectivity index (χ4v) is 4.02. The highest BCUT2D eigenvalue weighted by molar-refractivity contribution is 7.92. The summed E-state index contributed by atoms with van der Waals surface area (Å²) in [6, 6.07) is 8.53. The number of nitrogens with zero attached hydrogens (tertiary/aromatic N) is 2. The maximum absolute atomic E-state index is 12.7. The normalized spacial score (nSPS) is 15.0. The second-order valence-electron chi connectivity index (χ2n) is 7.01. The number of benzene rings is 1. The van der Waals surface area contributed by atoms with Gasteiger partial charge in [-0.05, 0) is 44.0 Å². The highest BCUT2D eigenvalue weighted by Gasteiger charge is 2.26. The lowest BCUT2D eigenvalue weighted by atomic mass is 9.95. The van der Waals surface area contributed by atoms with Gasteiger partial charge in [0.05, 0.1) is 23.6 Å². The smallest absolute Gasteiger partial charge is 0.232 e. The summed E-state index contributed by atoms with van der Waals surface area (Å²) in [7, 11) is -1.97. The summed E-state index contributed by atoms with van der Waals surface area (Å²) in [5, 5.41) is 3.50. The molecule has 0 atom stereocenters. The molecule has 2 heterocycles. The zero-order chi connectivity index (χ0) is 21.7. The second-order valence-corrected chi connectivity index (χ2v) is 9.45. The van der Waals surface area contributed by atoms with Crippen LogP contribution in [0.4, 0.5) is 17.2 Å². The van der Waals surface area contributed by atoms with Gasteiger partial charge in [0.2, 0.25) is 15.9 Å². The number of rotatable bonds is 7. The lowest BCUT2D eigenvalue weighted by Gasteiger charge is -2.32. The number of hydrogen-bond donors (Lipinski definition) is 2. The number of pyridine rings is 1. The minimum atomic E-state index is -3.42. The molecule has 2 N–H and O–H groups in total. The van der Waals surface area contributed by atoms with Crippen LogP contribution in [-0.2, 0) is 14.8 Å². The van der Waals surface area contributed by atoms with Crippen LogP contribution in [0.25, 0.3) is 0 Å². The lowest BCUT2D eigenvalue weighted by molar-refractivity contribution is -0.120. The van der Waals surface area contributed by atoms with Gasteiger partial charge in [0, 0.05) is 37.0 Å². The molecule has 3 rings (SSSR count). The first-order chi connectivity index (χ1) is 14.3. The van der Waals surface area contributed by atoms with Crippen LogP contribution in [0.1, 0.15) is 19.8 Å². The number of carbonyl (C=O) groups is 1. The van der Waals surface area contributed by atoms with Gasteiger partial charge in [-0.3, -0.25) is 9.52 Å². The van der Waals surface area contributed by atoms with Crippen molar-refractivity contribution in [1.82, 2.24) is 4.98 Å². The lowest BCUT2D eigenvalue weighted by Crippen LogP contribution is -2.38. The van der Waals surface area contributed by atoms with E-state index in [-0.39, 0.29) is 17.6 Å². The molecule has 1 aromatic heterocycles. The summed E-state index contributed by atoms with van der Waals surface area (Å²) in [6.07, 6.45) is 3.04. The Hall–Kier alpha value is -2.52. The van der Waals surface area contributed by atoms with Crippen molar-refractivity contribution < 1.29 is 17.9 Å². The molecule has 1 aliphatic heterocycles. The Kier molecular flexibility index (Phi) is 7.04. The first-order valence-electron chi connectivity index (χ1n) is 9.67. The molecule has 0 saturated carbocycles. The largest absolute Gasteiger partial charge is 0.494 e. The molecular formula is C20H25ClN4O4S. The van der Waals surface area contributed by atoms with Crippen molar-refractivity contribution in [2.45, 2.75) is 19.8 Å². The Morgan fingerprint density at radius 3 is 2.60 bits per heavy atom. The maximum Gasteiger partial charge on any atom is 0.232 e. The number of aromatic nitrogens is 1. The van der Waals surface area contributed by atoms with Gasteiger partial charge in [-0.2, -0.15) is 0 Å².